The third kappa shape index (κ3) is 5.68. The normalized spacial score (nSPS) is 15.9. The van der Waals surface area contributed by atoms with Gasteiger partial charge in [0, 0.05) is 25.1 Å². The van der Waals surface area contributed by atoms with Gasteiger partial charge in [0.2, 0.25) is 21.8 Å². The second-order valence-corrected chi connectivity index (χ2v) is 10.6. The number of rotatable bonds is 7. The highest BCUT2D eigenvalue weighted by molar-refractivity contribution is 7.92. The van der Waals surface area contributed by atoms with Crippen molar-refractivity contribution in [3.05, 3.63) is 59.2 Å². The van der Waals surface area contributed by atoms with Gasteiger partial charge in [-0.05, 0) is 54.7 Å². The molecule has 8 heteroatoms. The lowest BCUT2D eigenvalue weighted by atomic mass is 9.92. The molecule has 172 valence electrons. The van der Waals surface area contributed by atoms with Crippen molar-refractivity contribution in [3.8, 4) is 0 Å². The molecule has 0 aliphatic carbocycles. The van der Waals surface area contributed by atoms with Gasteiger partial charge in [-0.1, -0.05) is 38.1 Å². The Morgan fingerprint density at radius 3 is 2.44 bits per heavy atom. The van der Waals surface area contributed by atoms with Crippen molar-refractivity contribution in [1.82, 2.24) is 4.90 Å². The molecule has 2 aromatic carbocycles. The summed E-state index contributed by atoms with van der Waals surface area (Å²) in [6.45, 7) is 7.74. The summed E-state index contributed by atoms with van der Waals surface area (Å²) >= 11 is 0. The van der Waals surface area contributed by atoms with E-state index in [1.807, 2.05) is 38.1 Å². The summed E-state index contributed by atoms with van der Waals surface area (Å²) < 4.78 is 26.2. The molecule has 7 nitrogen and oxygen atoms in total. The molecule has 2 N–H and O–H groups in total. The summed E-state index contributed by atoms with van der Waals surface area (Å²) in [5.74, 6) is -0.104. The average molecular weight is 458 g/mol. The fraction of sp³-hybridized carbons (Fsp3) is 0.417. The number of amides is 2. The first-order valence-electron chi connectivity index (χ1n) is 10.9. The molecule has 0 saturated heterocycles. The van der Waals surface area contributed by atoms with Gasteiger partial charge in [-0.3, -0.25) is 14.3 Å². The highest BCUT2D eigenvalue weighted by Gasteiger charge is 2.34. The van der Waals surface area contributed by atoms with E-state index in [1.165, 1.54) is 0 Å². The van der Waals surface area contributed by atoms with Crippen LogP contribution < -0.4 is 10.0 Å². The Morgan fingerprint density at radius 2 is 1.81 bits per heavy atom. The molecule has 0 radical (unpaired) electrons. The third-order valence-electron chi connectivity index (χ3n) is 5.59. The Hall–Kier alpha value is -2.87. The van der Waals surface area contributed by atoms with E-state index in [0.29, 0.717) is 36.3 Å². The maximum absolute atomic E-state index is 13.2. The van der Waals surface area contributed by atoms with Gasteiger partial charge in [0.15, 0.2) is 0 Å². The Bertz CT molecular complexity index is 1110. The Labute approximate surface area is 190 Å². The van der Waals surface area contributed by atoms with Crippen LogP contribution in [0.3, 0.4) is 0 Å². The first-order chi connectivity index (χ1) is 15.1. The summed E-state index contributed by atoms with van der Waals surface area (Å²) in [7, 11) is -3.38. The van der Waals surface area contributed by atoms with Crippen molar-refractivity contribution in [2.24, 2.45) is 5.92 Å². The zero-order valence-electron chi connectivity index (χ0n) is 19.0. The topological polar surface area (TPSA) is 95.6 Å². The summed E-state index contributed by atoms with van der Waals surface area (Å²) in [5.41, 5.74) is 3.87. The number of hydrogen-bond acceptors (Lipinski definition) is 4. The molecule has 1 unspecified atom stereocenters. The molecule has 1 aliphatic rings. The number of nitrogens with zero attached hydrogens (tertiary/aromatic N) is 1. The van der Waals surface area contributed by atoms with Crippen LogP contribution in [0.25, 0.3) is 0 Å². The number of fused-ring (bicyclic) bond motifs is 1. The number of sulfonamides is 1. The van der Waals surface area contributed by atoms with Crippen LogP contribution in [0.4, 0.5) is 11.4 Å². The molecule has 32 heavy (non-hydrogen) atoms. The van der Waals surface area contributed by atoms with Crippen LogP contribution in [0.1, 0.15) is 43.9 Å². The number of anilines is 2. The molecule has 2 aromatic rings. The molecule has 0 spiro atoms. The maximum Gasteiger partial charge on any atom is 0.247 e. The van der Waals surface area contributed by atoms with E-state index in [0.717, 1.165) is 11.1 Å². The fourth-order valence-corrected chi connectivity index (χ4v) is 4.52. The summed E-state index contributed by atoms with van der Waals surface area (Å²) in [6.07, 6.45) is 0.844. The van der Waals surface area contributed by atoms with E-state index >= 15 is 0 Å². The number of carbonyl (C=O) groups is 2. The standard InChI is InChI=1S/C24H31N3O4S/c1-5-32(30,31)26-21-11-10-20(13-17(21)4)25-24(29)22-14-18-8-6-7-9-19(18)15-27(22)23(28)12-16(2)3/h6-11,13,16,22,26H,5,12,14-15H2,1-4H3,(H,25,29). The second kappa shape index (κ2) is 9.73. The van der Waals surface area contributed by atoms with E-state index < -0.39 is 16.1 Å². The van der Waals surface area contributed by atoms with Gasteiger partial charge in [-0.25, -0.2) is 8.42 Å². The predicted molar refractivity (Wildman–Crippen MR) is 127 cm³/mol. The van der Waals surface area contributed by atoms with Gasteiger partial charge in [0.05, 0.1) is 11.4 Å². The van der Waals surface area contributed by atoms with Crippen LogP contribution in [-0.4, -0.2) is 36.9 Å². The third-order valence-corrected chi connectivity index (χ3v) is 6.88. The fourth-order valence-electron chi connectivity index (χ4n) is 3.81. The minimum Gasteiger partial charge on any atom is -0.326 e. The van der Waals surface area contributed by atoms with Gasteiger partial charge in [-0.15, -0.1) is 0 Å². The van der Waals surface area contributed by atoms with Crippen LogP contribution in [0.15, 0.2) is 42.5 Å². The molecule has 0 saturated carbocycles. The molecular formula is C24H31N3O4S. The minimum absolute atomic E-state index is 0.0195. The lowest BCUT2D eigenvalue weighted by Crippen LogP contribution is -2.50. The predicted octanol–water partition coefficient (Wildman–Crippen LogP) is 3.69. The number of benzene rings is 2. The van der Waals surface area contributed by atoms with E-state index in [1.54, 1.807) is 36.9 Å². The number of aryl methyl sites for hydroxylation is 1. The van der Waals surface area contributed by atoms with Gasteiger partial charge >= 0.3 is 0 Å². The molecule has 2 amide bonds. The quantitative estimate of drug-likeness (QED) is 0.663. The van der Waals surface area contributed by atoms with Gasteiger partial charge in [0.1, 0.15) is 6.04 Å². The average Bonchev–Trinajstić information content (AvgIpc) is 2.74. The molecule has 1 heterocycles. The van der Waals surface area contributed by atoms with Crippen molar-refractivity contribution in [3.63, 3.8) is 0 Å². The molecule has 0 aromatic heterocycles. The number of hydrogen-bond donors (Lipinski definition) is 2. The highest BCUT2D eigenvalue weighted by atomic mass is 32.2. The highest BCUT2D eigenvalue weighted by Crippen LogP contribution is 2.27. The first-order valence-corrected chi connectivity index (χ1v) is 12.5. The van der Waals surface area contributed by atoms with Gasteiger partial charge in [-0.2, -0.15) is 0 Å². The summed E-state index contributed by atoms with van der Waals surface area (Å²) in [4.78, 5) is 27.8. The molecule has 1 atom stereocenters. The van der Waals surface area contributed by atoms with Crippen molar-refractivity contribution < 1.29 is 18.0 Å². The van der Waals surface area contributed by atoms with E-state index in [2.05, 4.69) is 10.0 Å². The zero-order valence-corrected chi connectivity index (χ0v) is 19.8. The van der Waals surface area contributed by atoms with Gasteiger partial charge < -0.3 is 10.2 Å². The first kappa shape index (κ1) is 23.8. The second-order valence-electron chi connectivity index (χ2n) is 8.63. The number of carbonyl (C=O) groups excluding carboxylic acids is 2. The van der Waals surface area contributed by atoms with Crippen LogP contribution in [0, 0.1) is 12.8 Å². The molecule has 3 rings (SSSR count). The largest absolute Gasteiger partial charge is 0.326 e. The van der Waals surface area contributed by atoms with Crippen LogP contribution >= 0.6 is 0 Å². The Balaban J connectivity index is 1.81. The van der Waals surface area contributed by atoms with Crippen molar-refractivity contribution in [1.29, 1.82) is 0 Å². The van der Waals surface area contributed by atoms with Crippen molar-refractivity contribution >= 4 is 33.2 Å². The summed E-state index contributed by atoms with van der Waals surface area (Å²) in [6, 6.07) is 12.3. The lowest BCUT2D eigenvalue weighted by molar-refractivity contribution is -0.140. The zero-order chi connectivity index (χ0) is 23.5. The minimum atomic E-state index is -3.38. The van der Waals surface area contributed by atoms with Crippen molar-refractivity contribution in [2.75, 3.05) is 15.8 Å². The molecular weight excluding hydrogens is 426 g/mol. The molecule has 0 bridgehead atoms. The Morgan fingerprint density at radius 1 is 1.12 bits per heavy atom. The smallest absolute Gasteiger partial charge is 0.247 e. The van der Waals surface area contributed by atoms with E-state index in [4.69, 9.17) is 0 Å². The van der Waals surface area contributed by atoms with E-state index in [-0.39, 0.29) is 23.5 Å². The number of nitrogens with one attached hydrogen (secondary N) is 2. The van der Waals surface area contributed by atoms with E-state index in [9.17, 15) is 18.0 Å². The van der Waals surface area contributed by atoms with Crippen molar-refractivity contribution in [2.45, 2.75) is 53.1 Å². The lowest BCUT2D eigenvalue weighted by Gasteiger charge is -2.36. The van der Waals surface area contributed by atoms with Crippen LogP contribution in [0.2, 0.25) is 0 Å². The maximum atomic E-state index is 13.2. The molecule has 1 aliphatic heterocycles. The SMILES string of the molecule is CCS(=O)(=O)Nc1ccc(NC(=O)C2Cc3ccccc3CN2C(=O)CC(C)C)cc1C. The Kier molecular flexibility index (Phi) is 7.23. The van der Waals surface area contributed by atoms with Crippen LogP contribution in [0.5, 0.6) is 0 Å². The van der Waals surface area contributed by atoms with Crippen LogP contribution in [-0.2, 0) is 32.6 Å². The monoisotopic (exact) mass is 457 g/mol. The van der Waals surface area contributed by atoms with Gasteiger partial charge in [0.25, 0.3) is 0 Å². The summed E-state index contributed by atoms with van der Waals surface area (Å²) in [5, 5.41) is 2.92. The molecule has 0 fully saturated rings.